The number of fused-ring (bicyclic) bond motifs is 3. The summed E-state index contributed by atoms with van der Waals surface area (Å²) in [5.74, 6) is 0. The summed E-state index contributed by atoms with van der Waals surface area (Å²) in [5, 5.41) is 0. The number of para-hydroxylation sites is 1. The second kappa shape index (κ2) is 7.24. The molecule has 1 aliphatic rings. The predicted molar refractivity (Wildman–Crippen MR) is 113 cm³/mol. The SMILES string of the molecule is Cc1cc2c(cc1C)-c1c/c(=N\c3ccccc3C)n(CCN)c(=O)n1CC2. The fourth-order valence-electron chi connectivity index (χ4n) is 3.86. The summed E-state index contributed by atoms with van der Waals surface area (Å²) in [6.07, 6.45) is 0.861. The molecule has 2 aromatic carbocycles. The molecule has 0 spiro atoms. The Morgan fingerprint density at radius 1 is 1.04 bits per heavy atom. The van der Waals surface area contributed by atoms with Crippen molar-refractivity contribution in [2.75, 3.05) is 6.54 Å². The number of aromatic nitrogens is 2. The number of aryl methyl sites for hydroxylation is 4. The third-order valence-electron chi connectivity index (χ3n) is 5.60. The highest BCUT2D eigenvalue weighted by molar-refractivity contribution is 5.67. The van der Waals surface area contributed by atoms with E-state index in [1.165, 1.54) is 16.7 Å². The largest absolute Gasteiger partial charge is 0.330 e. The molecular formula is C23H26N4O. The average Bonchev–Trinajstić information content (AvgIpc) is 2.67. The molecule has 28 heavy (non-hydrogen) atoms. The number of nitrogens with two attached hydrogens (primary N) is 1. The quantitative estimate of drug-likeness (QED) is 0.766. The first kappa shape index (κ1) is 18.4. The highest BCUT2D eigenvalue weighted by Gasteiger charge is 2.20. The normalized spacial score (nSPS) is 13.4. The van der Waals surface area contributed by atoms with Gasteiger partial charge in [0.1, 0.15) is 5.49 Å². The lowest BCUT2D eigenvalue weighted by atomic mass is 9.93. The molecule has 4 rings (SSSR count). The van der Waals surface area contributed by atoms with E-state index in [-0.39, 0.29) is 5.69 Å². The van der Waals surface area contributed by atoms with E-state index in [0.717, 1.165) is 28.9 Å². The van der Waals surface area contributed by atoms with Crippen LogP contribution < -0.4 is 16.9 Å². The second-order valence-corrected chi connectivity index (χ2v) is 7.50. The number of rotatable bonds is 3. The predicted octanol–water partition coefficient (Wildman–Crippen LogP) is 2.99. The summed E-state index contributed by atoms with van der Waals surface area (Å²) in [7, 11) is 0. The molecule has 0 aliphatic carbocycles. The van der Waals surface area contributed by atoms with Crippen LogP contribution in [0.2, 0.25) is 0 Å². The van der Waals surface area contributed by atoms with Crippen LogP contribution in [-0.4, -0.2) is 15.7 Å². The van der Waals surface area contributed by atoms with Crippen molar-refractivity contribution in [1.29, 1.82) is 0 Å². The lowest BCUT2D eigenvalue weighted by Gasteiger charge is -2.24. The lowest BCUT2D eigenvalue weighted by molar-refractivity contribution is 0.547. The van der Waals surface area contributed by atoms with E-state index in [1.54, 1.807) is 4.57 Å². The maximum absolute atomic E-state index is 13.3. The molecule has 1 aromatic heterocycles. The first-order chi connectivity index (χ1) is 13.5. The van der Waals surface area contributed by atoms with Gasteiger partial charge in [0, 0.05) is 31.3 Å². The fourth-order valence-corrected chi connectivity index (χ4v) is 3.86. The number of hydrogen-bond donors (Lipinski definition) is 1. The Kier molecular flexibility index (Phi) is 4.77. The topological polar surface area (TPSA) is 65.3 Å². The molecule has 1 aliphatic heterocycles. The van der Waals surface area contributed by atoms with Gasteiger partial charge < -0.3 is 5.73 Å². The van der Waals surface area contributed by atoms with Gasteiger partial charge >= 0.3 is 5.69 Å². The maximum atomic E-state index is 13.3. The Morgan fingerprint density at radius 3 is 2.54 bits per heavy atom. The molecule has 0 saturated heterocycles. The van der Waals surface area contributed by atoms with E-state index in [4.69, 9.17) is 10.7 Å². The van der Waals surface area contributed by atoms with Gasteiger partial charge in [-0.2, -0.15) is 0 Å². The molecule has 0 fully saturated rings. The van der Waals surface area contributed by atoms with Crippen LogP contribution in [0.4, 0.5) is 5.69 Å². The fraction of sp³-hybridized carbons (Fsp3) is 0.304. The third-order valence-corrected chi connectivity index (χ3v) is 5.60. The minimum atomic E-state index is -0.0424. The minimum Gasteiger partial charge on any atom is -0.329 e. The summed E-state index contributed by atoms with van der Waals surface area (Å²) in [6.45, 7) is 7.80. The van der Waals surface area contributed by atoms with Crippen LogP contribution in [0.3, 0.4) is 0 Å². The number of nitrogens with zero attached hydrogens (tertiary/aromatic N) is 3. The van der Waals surface area contributed by atoms with Crippen LogP contribution in [0.15, 0.2) is 52.3 Å². The summed E-state index contributed by atoms with van der Waals surface area (Å²) in [5.41, 5.74) is 14.2. The van der Waals surface area contributed by atoms with Crippen molar-refractivity contribution in [2.24, 2.45) is 10.7 Å². The molecule has 5 heteroatoms. The van der Waals surface area contributed by atoms with Crippen molar-refractivity contribution in [3.63, 3.8) is 0 Å². The van der Waals surface area contributed by atoms with Gasteiger partial charge in [0.2, 0.25) is 0 Å². The van der Waals surface area contributed by atoms with Gasteiger partial charge in [0.25, 0.3) is 0 Å². The lowest BCUT2D eigenvalue weighted by Crippen LogP contribution is -2.43. The maximum Gasteiger partial charge on any atom is 0.330 e. The minimum absolute atomic E-state index is 0.0424. The summed E-state index contributed by atoms with van der Waals surface area (Å²) < 4.78 is 3.56. The first-order valence-corrected chi connectivity index (χ1v) is 9.75. The van der Waals surface area contributed by atoms with Gasteiger partial charge in [-0.05, 0) is 61.6 Å². The summed E-state index contributed by atoms with van der Waals surface area (Å²) in [4.78, 5) is 18.1. The molecule has 3 aromatic rings. The van der Waals surface area contributed by atoms with Gasteiger partial charge in [0.05, 0.1) is 11.4 Å². The smallest absolute Gasteiger partial charge is 0.329 e. The van der Waals surface area contributed by atoms with Crippen LogP contribution in [0.1, 0.15) is 22.3 Å². The Morgan fingerprint density at radius 2 is 1.79 bits per heavy atom. The number of benzene rings is 2. The van der Waals surface area contributed by atoms with E-state index in [9.17, 15) is 4.79 Å². The van der Waals surface area contributed by atoms with Gasteiger partial charge in [-0.3, -0.25) is 9.13 Å². The van der Waals surface area contributed by atoms with Crippen molar-refractivity contribution in [3.8, 4) is 11.3 Å². The molecular weight excluding hydrogens is 348 g/mol. The standard InChI is InChI=1S/C23H26N4O/c1-15-6-4-5-7-20(15)25-22-14-21-19-13-17(3)16(2)12-18(19)8-10-26(21)23(28)27(22)11-9-24/h4-7,12-14H,8-11,24H2,1-3H3/b25-22+. The Balaban J connectivity index is 2.03. The van der Waals surface area contributed by atoms with E-state index < -0.39 is 0 Å². The first-order valence-electron chi connectivity index (χ1n) is 9.75. The van der Waals surface area contributed by atoms with Crippen molar-refractivity contribution >= 4 is 5.69 Å². The van der Waals surface area contributed by atoms with Crippen LogP contribution in [-0.2, 0) is 19.5 Å². The molecule has 2 heterocycles. The van der Waals surface area contributed by atoms with E-state index in [0.29, 0.717) is 25.1 Å². The van der Waals surface area contributed by atoms with Crippen LogP contribution in [0.25, 0.3) is 11.3 Å². The van der Waals surface area contributed by atoms with E-state index in [2.05, 4.69) is 26.0 Å². The van der Waals surface area contributed by atoms with Crippen molar-refractivity contribution in [3.05, 3.63) is 80.7 Å². The van der Waals surface area contributed by atoms with Crippen LogP contribution in [0.5, 0.6) is 0 Å². The van der Waals surface area contributed by atoms with Crippen molar-refractivity contribution in [2.45, 2.75) is 40.3 Å². The molecule has 0 unspecified atom stereocenters. The zero-order valence-corrected chi connectivity index (χ0v) is 16.7. The van der Waals surface area contributed by atoms with E-state index >= 15 is 0 Å². The Labute approximate surface area is 164 Å². The van der Waals surface area contributed by atoms with E-state index in [1.807, 2.05) is 41.8 Å². The second-order valence-electron chi connectivity index (χ2n) is 7.50. The molecule has 2 N–H and O–H groups in total. The zero-order valence-electron chi connectivity index (χ0n) is 16.7. The Bertz CT molecular complexity index is 1180. The molecule has 0 saturated carbocycles. The van der Waals surface area contributed by atoms with Gasteiger partial charge in [0.15, 0.2) is 0 Å². The molecule has 5 nitrogen and oxygen atoms in total. The molecule has 0 atom stereocenters. The third kappa shape index (κ3) is 3.12. The highest BCUT2D eigenvalue weighted by Crippen LogP contribution is 2.30. The van der Waals surface area contributed by atoms with Crippen molar-refractivity contribution < 1.29 is 0 Å². The van der Waals surface area contributed by atoms with Gasteiger partial charge in [-0.1, -0.05) is 24.3 Å². The molecule has 0 radical (unpaired) electrons. The van der Waals surface area contributed by atoms with Gasteiger partial charge in [-0.15, -0.1) is 0 Å². The zero-order chi connectivity index (χ0) is 19.8. The van der Waals surface area contributed by atoms with Crippen molar-refractivity contribution in [1.82, 2.24) is 9.13 Å². The molecule has 144 valence electrons. The monoisotopic (exact) mass is 374 g/mol. The molecule has 0 amide bonds. The number of hydrogen-bond acceptors (Lipinski definition) is 3. The molecule has 0 bridgehead atoms. The summed E-state index contributed by atoms with van der Waals surface area (Å²) >= 11 is 0. The Hall–Kier alpha value is -2.92. The highest BCUT2D eigenvalue weighted by atomic mass is 16.1. The summed E-state index contributed by atoms with van der Waals surface area (Å²) in [6, 6.07) is 14.4. The average molecular weight is 374 g/mol. The van der Waals surface area contributed by atoms with Crippen LogP contribution >= 0.6 is 0 Å². The van der Waals surface area contributed by atoms with Gasteiger partial charge in [-0.25, -0.2) is 9.79 Å². The van der Waals surface area contributed by atoms with Crippen LogP contribution in [0, 0.1) is 20.8 Å².